The molecule has 176 valence electrons. The average molecular weight is 480 g/mol. The fourth-order valence-electron chi connectivity index (χ4n) is 3.87. The zero-order valence-corrected chi connectivity index (χ0v) is 19.6. The molecule has 1 unspecified atom stereocenters. The molecule has 0 radical (unpaired) electrons. The number of aromatic nitrogens is 1. The largest absolute Gasteiger partial charge is 0.481 e. The molecule has 1 aliphatic rings. The van der Waals surface area contributed by atoms with E-state index in [0.29, 0.717) is 6.42 Å². The Hall–Kier alpha value is -3.72. The molecule has 1 aliphatic carbocycles. The Morgan fingerprint density at radius 1 is 1.09 bits per heavy atom. The van der Waals surface area contributed by atoms with Gasteiger partial charge in [0.2, 0.25) is 0 Å². The predicted octanol–water partition coefficient (Wildman–Crippen LogP) is 4.73. The molecule has 9 heteroatoms. The number of carboxylic acids is 1. The maximum atomic E-state index is 12.4. The number of carboxylic acid groups (broad SMARTS) is 1. The highest BCUT2D eigenvalue weighted by molar-refractivity contribution is 7.17. The summed E-state index contributed by atoms with van der Waals surface area (Å²) in [5, 5.41) is 14.7. The second-order valence-corrected chi connectivity index (χ2v) is 9.41. The minimum Gasteiger partial charge on any atom is -0.481 e. The Labute approximate surface area is 201 Å². The van der Waals surface area contributed by atoms with Gasteiger partial charge in [0.25, 0.3) is 5.91 Å². The van der Waals surface area contributed by atoms with Crippen molar-refractivity contribution < 1.29 is 24.2 Å². The first-order chi connectivity index (χ1) is 16.3. The summed E-state index contributed by atoms with van der Waals surface area (Å²) < 4.78 is 5.50. The van der Waals surface area contributed by atoms with Crippen LogP contribution in [0.1, 0.15) is 47.0 Å². The summed E-state index contributed by atoms with van der Waals surface area (Å²) in [5.74, 6) is -1.48. The number of thiazole rings is 1. The molecule has 1 aromatic heterocycles. The van der Waals surface area contributed by atoms with Crippen molar-refractivity contribution in [3.8, 4) is 11.1 Å². The second-order valence-electron chi connectivity index (χ2n) is 8.38. The molecule has 0 saturated carbocycles. The third-order valence-electron chi connectivity index (χ3n) is 6.22. The van der Waals surface area contributed by atoms with Crippen LogP contribution in [0, 0.1) is 5.41 Å². The first-order valence-electron chi connectivity index (χ1n) is 10.9. The first-order valence-corrected chi connectivity index (χ1v) is 11.7. The summed E-state index contributed by atoms with van der Waals surface area (Å²) in [4.78, 5) is 40.5. The van der Waals surface area contributed by atoms with Gasteiger partial charge in [-0.15, -0.1) is 0 Å². The van der Waals surface area contributed by atoms with Gasteiger partial charge in [0.15, 0.2) is 5.13 Å². The summed E-state index contributed by atoms with van der Waals surface area (Å²) in [7, 11) is 0. The van der Waals surface area contributed by atoms with E-state index in [-0.39, 0.29) is 29.1 Å². The fraction of sp³-hybridized carbons (Fsp3) is 0.280. The van der Waals surface area contributed by atoms with Crippen molar-refractivity contribution in [1.82, 2.24) is 10.3 Å². The van der Waals surface area contributed by atoms with Crippen LogP contribution < -0.4 is 10.6 Å². The van der Waals surface area contributed by atoms with E-state index in [1.165, 1.54) is 6.20 Å². The molecule has 2 aromatic carbocycles. The molecule has 0 spiro atoms. The summed E-state index contributed by atoms with van der Waals surface area (Å²) in [6.45, 7) is 3.49. The number of anilines is 1. The molecule has 4 rings (SSSR count). The SMILES string of the molecule is CCC(C)(CNC(=O)c1cnc(NC(=O)OCC2c3ccccc3-c3ccccc32)s1)C(=O)O. The van der Waals surface area contributed by atoms with Crippen LogP contribution in [-0.2, 0) is 9.53 Å². The third-order valence-corrected chi connectivity index (χ3v) is 7.13. The van der Waals surface area contributed by atoms with E-state index >= 15 is 0 Å². The maximum absolute atomic E-state index is 12.4. The van der Waals surface area contributed by atoms with E-state index in [9.17, 15) is 19.5 Å². The number of hydrogen-bond acceptors (Lipinski definition) is 6. The summed E-state index contributed by atoms with van der Waals surface area (Å²) in [5.41, 5.74) is 3.47. The molecule has 3 aromatic rings. The highest BCUT2D eigenvalue weighted by atomic mass is 32.1. The maximum Gasteiger partial charge on any atom is 0.413 e. The zero-order chi connectivity index (χ0) is 24.3. The van der Waals surface area contributed by atoms with Crippen LogP contribution >= 0.6 is 11.3 Å². The van der Waals surface area contributed by atoms with Crippen molar-refractivity contribution in [2.24, 2.45) is 5.41 Å². The molecular formula is C25H25N3O5S. The topological polar surface area (TPSA) is 118 Å². The first kappa shape index (κ1) is 23.4. The molecule has 3 N–H and O–H groups in total. The number of benzene rings is 2. The summed E-state index contributed by atoms with van der Waals surface area (Å²) in [6.07, 6.45) is 1.05. The molecule has 34 heavy (non-hydrogen) atoms. The number of ether oxygens (including phenoxy) is 1. The van der Waals surface area contributed by atoms with E-state index in [2.05, 4.69) is 27.8 Å². The van der Waals surface area contributed by atoms with Crippen LogP contribution in [0.15, 0.2) is 54.7 Å². The lowest BCUT2D eigenvalue weighted by Gasteiger charge is -2.22. The van der Waals surface area contributed by atoms with Crippen molar-refractivity contribution in [1.29, 1.82) is 0 Å². The molecule has 0 aliphatic heterocycles. The van der Waals surface area contributed by atoms with Gasteiger partial charge in [-0.2, -0.15) is 0 Å². The van der Waals surface area contributed by atoms with E-state index in [1.807, 2.05) is 36.4 Å². The quantitative estimate of drug-likeness (QED) is 0.430. The number of fused-ring (bicyclic) bond motifs is 3. The van der Waals surface area contributed by atoms with E-state index in [0.717, 1.165) is 33.6 Å². The van der Waals surface area contributed by atoms with Crippen LogP contribution in [0.2, 0.25) is 0 Å². The van der Waals surface area contributed by atoms with Gasteiger partial charge >= 0.3 is 12.1 Å². The van der Waals surface area contributed by atoms with Gasteiger partial charge < -0.3 is 15.2 Å². The molecule has 0 fully saturated rings. The molecular weight excluding hydrogens is 454 g/mol. The lowest BCUT2D eigenvalue weighted by Crippen LogP contribution is -2.40. The molecule has 0 bridgehead atoms. The Bertz CT molecular complexity index is 1200. The number of nitrogens with zero attached hydrogens (tertiary/aromatic N) is 1. The average Bonchev–Trinajstić information content (AvgIpc) is 3.43. The number of amides is 2. The van der Waals surface area contributed by atoms with Crippen LogP contribution in [0.3, 0.4) is 0 Å². The predicted molar refractivity (Wildman–Crippen MR) is 129 cm³/mol. The van der Waals surface area contributed by atoms with Crippen LogP contribution in [0.4, 0.5) is 9.93 Å². The second kappa shape index (κ2) is 9.64. The number of carbonyl (C=O) groups excluding carboxylic acids is 2. The lowest BCUT2D eigenvalue weighted by molar-refractivity contribution is -0.147. The van der Waals surface area contributed by atoms with Crippen LogP contribution in [-0.4, -0.2) is 41.2 Å². The van der Waals surface area contributed by atoms with E-state index < -0.39 is 23.4 Å². The molecule has 2 amide bonds. The monoisotopic (exact) mass is 479 g/mol. The van der Waals surface area contributed by atoms with Gasteiger partial charge in [0.1, 0.15) is 11.5 Å². The van der Waals surface area contributed by atoms with Gasteiger partial charge in [-0.25, -0.2) is 9.78 Å². The highest BCUT2D eigenvalue weighted by Crippen LogP contribution is 2.44. The van der Waals surface area contributed by atoms with Crippen molar-refractivity contribution in [2.75, 3.05) is 18.5 Å². The minimum absolute atomic E-state index is 0.00922. The number of aliphatic carboxylic acids is 1. The number of hydrogen-bond donors (Lipinski definition) is 3. The number of rotatable bonds is 8. The highest BCUT2D eigenvalue weighted by Gasteiger charge is 2.32. The molecule has 8 nitrogen and oxygen atoms in total. The Morgan fingerprint density at radius 3 is 2.29 bits per heavy atom. The number of nitrogens with one attached hydrogen (secondary N) is 2. The molecule has 1 atom stereocenters. The minimum atomic E-state index is -1.05. The van der Waals surface area contributed by atoms with Gasteiger partial charge in [-0.1, -0.05) is 66.8 Å². The smallest absolute Gasteiger partial charge is 0.413 e. The van der Waals surface area contributed by atoms with Gasteiger partial charge in [-0.3, -0.25) is 14.9 Å². The Kier molecular flexibility index (Phi) is 6.65. The standard InChI is InChI=1S/C25H25N3O5S/c1-3-25(2,22(30)31)14-27-21(29)20-12-26-23(34-20)28-24(32)33-13-19-17-10-6-4-8-15(17)16-9-5-7-11-18(16)19/h4-12,19H,3,13-14H2,1-2H3,(H,27,29)(H,30,31)(H,26,28,32). The van der Waals surface area contributed by atoms with Crippen molar-refractivity contribution in [3.05, 3.63) is 70.7 Å². The summed E-state index contributed by atoms with van der Waals surface area (Å²) in [6, 6.07) is 16.1. The normalized spacial score (nSPS) is 13.9. The van der Waals surface area contributed by atoms with Crippen molar-refractivity contribution in [2.45, 2.75) is 26.2 Å². The Morgan fingerprint density at radius 2 is 1.71 bits per heavy atom. The number of carbonyl (C=O) groups is 3. The zero-order valence-electron chi connectivity index (χ0n) is 18.8. The van der Waals surface area contributed by atoms with Crippen LogP contribution in [0.25, 0.3) is 11.1 Å². The van der Waals surface area contributed by atoms with E-state index in [4.69, 9.17) is 4.74 Å². The van der Waals surface area contributed by atoms with E-state index in [1.54, 1.807) is 13.8 Å². The van der Waals surface area contributed by atoms with Crippen LogP contribution in [0.5, 0.6) is 0 Å². The van der Waals surface area contributed by atoms with Gasteiger partial charge in [0.05, 0.1) is 11.6 Å². The van der Waals surface area contributed by atoms with Gasteiger partial charge in [-0.05, 0) is 35.6 Å². The Balaban J connectivity index is 1.34. The molecule has 0 saturated heterocycles. The van der Waals surface area contributed by atoms with Gasteiger partial charge in [0, 0.05) is 12.5 Å². The molecule has 1 heterocycles. The van der Waals surface area contributed by atoms with Crippen molar-refractivity contribution >= 4 is 34.4 Å². The fourth-order valence-corrected chi connectivity index (χ4v) is 4.59. The van der Waals surface area contributed by atoms with Crippen molar-refractivity contribution in [3.63, 3.8) is 0 Å². The third kappa shape index (κ3) is 4.65. The summed E-state index contributed by atoms with van der Waals surface area (Å²) >= 11 is 0.989. The lowest BCUT2D eigenvalue weighted by atomic mass is 9.88.